The maximum atomic E-state index is 13.3. The maximum Gasteiger partial charge on any atom is 0.165 e. The molecule has 1 heterocycles. The number of nitrogens with zero attached hydrogens (tertiary/aromatic N) is 1. The number of hydrogen-bond donors (Lipinski definition) is 1. The number of aliphatic hydroxyl groups is 1. The fourth-order valence-electron chi connectivity index (χ4n) is 1.97. The highest BCUT2D eigenvalue weighted by molar-refractivity contribution is 5.23. The highest BCUT2D eigenvalue weighted by Crippen LogP contribution is 2.16. The van der Waals surface area contributed by atoms with Crippen molar-refractivity contribution < 1.29 is 19.0 Å². The second kappa shape index (κ2) is 6.68. The predicted molar refractivity (Wildman–Crippen MR) is 65.2 cm³/mol. The van der Waals surface area contributed by atoms with Gasteiger partial charge in [-0.2, -0.15) is 0 Å². The first-order chi connectivity index (χ1) is 8.79. The molecule has 0 aliphatic carbocycles. The molecule has 4 nitrogen and oxygen atoms in total. The highest BCUT2D eigenvalue weighted by atomic mass is 19.1. The Morgan fingerprint density at radius 1 is 1.44 bits per heavy atom. The zero-order valence-corrected chi connectivity index (χ0v) is 10.2. The zero-order chi connectivity index (χ0) is 12.8. The second-order valence-corrected chi connectivity index (χ2v) is 4.26. The van der Waals surface area contributed by atoms with Crippen molar-refractivity contribution in [2.45, 2.75) is 6.10 Å². The molecule has 1 atom stereocenters. The third-order valence-electron chi connectivity index (χ3n) is 2.90. The number of ether oxygens (including phenoxy) is 2. The lowest BCUT2D eigenvalue weighted by molar-refractivity contribution is -0.0512. The van der Waals surface area contributed by atoms with E-state index >= 15 is 0 Å². The van der Waals surface area contributed by atoms with E-state index in [0.29, 0.717) is 26.3 Å². The van der Waals surface area contributed by atoms with Crippen LogP contribution in [0.25, 0.3) is 0 Å². The van der Waals surface area contributed by atoms with Gasteiger partial charge in [-0.15, -0.1) is 0 Å². The monoisotopic (exact) mass is 255 g/mol. The van der Waals surface area contributed by atoms with E-state index in [2.05, 4.69) is 4.90 Å². The summed E-state index contributed by atoms with van der Waals surface area (Å²) in [5, 5.41) is 8.89. The van der Waals surface area contributed by atoms with Gasteiger partial charge in [0.2, 0.25) is 0 Å². The van der Waals surface area contributed by atoms with Crippen LogP contribution in [0.2, 0.25) is 0 Å². The number of benzene rings is 1. The number of hydrogen-bond acceptors (Lipinski definition) is 4. The summed E-state index contributed by atoms with van der Waals surface area (Å²) in [5.41, 5.74) is 0. The van der Waals surface area contributed by atoms with Gasteiger partial charge in [-0.25, -0.2) is 4.39 Å². The summed E-state index contributed by atoms with van der Waals surface area (Å²) in [6, 6.07) is 6.33. The van der Waals surface area contributed by atoms with Gasteiger partial charge in [-0.05, 0) is 12.1 Å². The van der Waals surface area contributed by atoms with E-state index in [1.807, 2.05) is 0 Å². The van der Waals surface area contributed by atoms with Crippen LogP contribution >= 0.6 is 0 Å². The van der Waals surface area contributed by atoms with Crippen molar-refractivity contribution in [3.63, 3.8) is 0 Å². The van der Waals surface area contributed by atoms with E-state index < -0.39 is 0 Å². The van der Waals surface area contributed by atoms with Crippen molar-refractivity contribution in [1.29, 1.82) is 0 Å². The van der Waals surface area contributed by atoms with Crippen molar-refractivity contribution in [3.8, 4) is 5.75 Å². The Morgan fingerprint density at radius 3 is 3.06 bits per heavy atom. The number of β-amino-alcohol motifs (C(OH)–C–C–N with tert-alkyl or cyclic N) is 1. The third-order valence-corrected chi connectivity index (χ3v) is 2.90. The van der Waals surface area contributed by atoms with Gasteiger partial charge in [0.05, 0.1) is 13.2 Å². The molecular formula is C13H18FNO3. The van der Waals surface area contributed by atoms with E-state index in [4.69, 9.17) is 14.6 Å². The van der Waals surface area contributed by atoms with Crippen LogP contribution in [0.15, 0.2) is 24.3 Å². The zero-order valence-electron chi connectivity index (χ0n) is 10.2. The molecule has 1 saturated heterocycles. The first kappa shape index (κ1) is 13.3. The average molecular weight is 255 g/mol. The molecule has 0 spiro atoms. The lowest BCUT2D eigenvalue weighted by Crippen LogP contribution is -2.45. The maximum absolute atomic E-state index is 13.3. The van der Waals surface area contributed by atoms with E-state index in [9.17, 15) is 4.39 Å². The van der Waals surface area contributed by atoms with Gasteiger partial charge < -0.3 is 14.6 Å². The summed E-state index contributed by atoms with van der Waals surface area (Å²) in [6.45, 7) is 3.24. The van der Waals surface area contributed by atoms with Gasteiger partial charge in [0.25, 0.3) is 0 Å². The molecule has 1 aliphatic heterocycles. The molecule has 1 aromatic carbocycles. The van der Waals surface area contributed by atoms with Crippen molar-refractivity contribution in [2.24, 2.45) is 0 Å². The Kier molecular flexibility index (Phi) is 4.92. The fourth-order valence-corrected chi connectivity index (χ4v) is 1.97. The van der Waals surface area contributed by atoms with Crippen LogP contribution in [-0.4, -0.2) is 55.6 Å². The minimum atomic E-state index is -0.361. The number of halogens is 1. The van der Waals surface area contributed by atoms with Crippen molar-refractivity contribution >= 4 is 0 Å². The Morgan fingerprint density at radius 2 is 2.28 bits per heavy atom. The number of morpholine rings is 1. The molecule has 100 valence electrons. The minimum absolute atomic E-state index is 0.0788. The standard InChI is InChI=1S/C13H18FNO3/c14-12-3-1-2-4-13(12)18-10-11-9-15(5-7-16)6-8-17-11/h1-4,11,16H,5-10H2. The van der Waals surface area contributed by atoms with Gasteiger partial charge in [0.1, 0.15) is 12.7 Å². The fraction of sp³-hybridized carbons (Fsp3) is 0.538. The van der Waals surface area contributed by atoms with E-state index in [1.54, 1.807) is 18.2 Å². The third kappa shape index (κ3) is 3.66. The van der Waals surface area contributed by atoms with Crippen LogP contribution in [0.3, 0.4) is 0 Å². The first-order valence-corrected chi connectivity index (χ1v) is 6.11. The molecule has 2 rings (SSSR count). The van der Waals surface area contributed by atoms with Crippen molar-refractivity contribution in [3.05, 3.63) is 30.1 Å². The van der Waals surface area contributed by atoms with Gasteiger partial charge in [-0.1, -0.05) is 12.1 Å². The van der Waals surface area contributed by atoms with Crippen molar-refractivity contribution in [2.75, 3.05) is 39.5 Å². The van der Waals surface area contributed by atoms with Gasteiger partial charge in [0, 0.05) is 19.6 Å². The van der Waals surface area contributed by atoms with E-state index in [0.717, 1.165) is 6.54 Å². The first-order valence-electron chi connectivity index (χ1n) is 6.11. The van der Waals surface area contributed by atoms with Crippen molar-refractivity contribution in [1.82, 2.24) is 4.90 Å². The number of rotatable bonds is 5. The summed E-state index contributed by atoms with van der Waals surface area (Å²) in [5.74, 6) is -0.110. The molecule has 0 radical (unpaired) electrons. The summed E-state index contributed by atoms with van der Waals surface area (Å²) in [7, 11) is 0. The molecule has 1 aliphatic rings. The van der Waals surface area contributed by atoms with E-state index in [-0.39, 0.29) is 24.3 Å². The van der Waals surface area contributed by atoms with Crippen LogP contribution in [0.5, 0.6) is 5.75 Å². The Bertz CT molecular complexity index is 373. The van der Waals surface area contributed by atoms with Gasteiger partial charge >= 0.3 is 0 Å². The summed E-state index contributed by atoms with van der Waals surface area (Å²) in [6.07, 6.45) is -0.0788. The molecule has 1 unspecified atom stereocenters. The molecule has 1 fully saturated rings. The van der Waals surface area contributed by atoms with Crippen LogP contribution in [0.1, 0.15) is 0 Å². The van der Waals surface area contributed by atoms with Gasteiger partial charge in [-0.3, -0.25) is 4.90 Å². The van der Waals surface area contributed by atoms with E-state index in [1.165, 1.54) is 6.07 Å². The Labute approximate surface area is 106 Å². The summed E-state index contributed by atoms with van der Waals surface area (Å²) >= 11 is 0. The molecule has 0 aromatic heterocycles. The SMILES string of the molecule is OCCN1CCOC(COc2ccccc2F)C1. The highest BCUT2D eigenvalue weighted by Gasteiger charge is 2.20. The lowest BCUT2D eigenvalue weighted by atomic mass is 10.3. The smallest absolute Gasteiger partial charge is 0.165 e. The molecule has 5 heteroatoms. The largest absolute Gasteiger partial charge is 0.488 e. The minimum Gasteiger partial charge on any atom is -0.488 e. The molecule has 18 heavy (non-hydrogen) atoms. The number of aliphatic hydroxyl groups excluding tert-OH is 1. The summed E-state index contributed by atoms with van der Waals surface area (Å²) < 4.78 is 24.3. The van der Waals surface area contributed by atoms with Crippen LogP contribution in [-0.2, 0) is 4.74 Å². The predicted octanol–water partition coefficient (Wildman–Crippen LogP) is 0.898. The Hall–Kier alpha value is -1.17. The average Bonchev–Trinajstić information content (AvgIpc) is 2.39. The normalized spacial score (nSPS) is 20.9. The topological polar surface area (TPSA) is 41.9 Å². The van der Waals surface area contributed by atoms with Gasteiger partial charge in [0.15, 0.2) is 11.6 Å². The quantitative estimate of drug-likeness (QED) is 0.848. The van der Waals surface area contributed by atoms with Crippen LogP contribution in [0.4, 0.5) is 4.39 Å². The molecule has 0 bridgehead atoms. The van der Waals surface area contributed by atoms with Crippen LogP contribution < -0.4 is 4.74 Å². The second-order valence-electron chi connectivity index (χ2n) is 4.26. The molecular weight excluding hydrogens is 237 g/mol. The molecule has 0 amide bonds. The molecule has 1 N–H and O–H groups in total. The van der Waals surface area contributed by atoms with Crippen LogP contribution in [0, 0.1) is 5.82 Å². The molecule has 0 saturated carbocycles. The summed E-state index contributed by atoms with van der Waals surface area (Å²) in [4.78, 5) is 2.11. The Balaban J connectivity index is 1.81. The number of para-hydroxylation sites is 1. The molecule has 1 aromatic rings. The lowest BCUT2D eigenvalue weighted by Gasteiger charge is -2.32.